The van der Waals surface area contributed by atoms with Crippen molar-refractivity contribution in [3.05, 3.63) is 41.3 Å². The zero-order valence-electron chi connectivity index (χ0n) is 18.6. The van der Waals surface area contributed by atoms with Crippen molar-refractivity contribution >= 4 is 50.2 Å². The van der Waals surface area contributed by atoms with Crippen LogP contribution in [0, 0.1) is 5.41 Å². The molecule has 2 aromatic rings. The van der Waals surface area contributed by atoms with E-state index in [-0.39, 0.29) is 22.3 Å². The van der Waals surface area contributed by atoms with E-state index in [0.717, 1.165) is 4.31 Å². The van der Waals surface area contributed by atoms with Gasteiger partial charge >= 0.3 is 0 Å². The molecule has 2 atom stereocenters. The van der Waals surface area contributed by atoms with Crippen LogP contribution in [-0.2, 0) is 21.3 Å². The normalized spacial score (nSPS) is 15.5. The number of aliphatic imine (C=N–C) groups is 2. The first-order chi connectivity index (χ1) is 15.1. The minimum atomic E-state index is -3.96. The number of rotatable bonds is 6. The predicted molar refractivity (Wildman–Crippen MR) is 128 cm³/mol. The molecule has 33 heavy (non-hydrogen) atoms. The second-order valence-corrected chi connectivity index (χ2v) is 11.4. The highest BCUT2D eigenvalue weighted by Gasteiger charge is 2.30. The monoisotopic (exact) mass is 519 g/mol. The second-order valence-electron chi connectivity index (χ2n) is 8.17. The number of hydrogen-bond donors (Lipinski definition) is 4. The number of nitrogens with zero attached hydrogens (tertiary/aromatic N) is 3. The van der Waals surface area contributed by atoms with Gasteiger partial charge in [0, 0.05) is 20.2 Å². The molecule has 1 unspecified atom stereocenters. The minimum Gasteiger partial charge on any atom is -0.504 e. The summed E-state index contributed by atoms with van der Waals surface area (Å²) < 4.78 is 54.4. The Labute approximate surface area is 199 Å². The lowest BCUT2D eigenvalue weighted by Gasteiger charge is -2.26. The molecule has 0 aliphatic carbocycles. The summed E-state index contributed by atoms with van der Waals surface area (Å²) in [5.74, 6) is -0.906. The van der Waals surface area contributed by atoms with Crippen molar-refractivity contribution in [1.29, 1.82) is 0 Å². The Morgan fingerprint density at radius 2 is 1.97 bits per heavy atom. The average molecular weight is 520 g/mol. The van der Waals surface area contributed by atoms with E-state index >= 15 is 0 Å². The quantitative estimate of drug-likeness (QED) is 0.258. The van der Waals surface area contributed by atoms with Gasteiger partial charge in [0.05, 0.1) is 5.02 Å². The molecule has 5 N–H and O–H groups in total. The number of nitrogens with two attached hydrogens (primary N) is 1. The van der Waals surface area contributed by atoms with Crippen molar-refractivity contribution in [2.75, 3.05) is 14.1 Å². The maximum atomic E-state index is 12.4. The van der Waals surface area contributed by atoms with E-state index in [1.165, 1.54) is 38.6 Å². The summed E-state index contributed by atoms with van der Waals surface area (Å²) in [4.78, 5) is 8.10. The molecule has 0 aliphatic heterocycles. The topological polar surface area (TPSA) is 171 Å². The van der Waals surface area contributed by atoms with Gasteiger partial charge in [-0.1, -0.05) is 38.4 Å². The Morgan fingerprint density at radius 1 is 1.33 bits per heavy atom. The molecule has 0 spiro atoms. The standard InChI is InChI=1S/C19H26ClN5O6S2/c1-19(2,3)16(13-9-11(20)10-31-13)23-18(24-32(27)28)17(21)22-12-7-6-8-14(15(12)26)33(29,30)25(4)5/h6-10,16,26H,1-5H3,(H2,21,22)(H,23,24)(H,27,28)/t16-/m0/s1. The van der Waals surface area contributed by atoms with Crippen LogP contribution in [0.1, 0.15) is 32.6 Å². The van der Waals surface area contributed by atoms with Crippen molar-refractivity contribution in [3.63, 3.8) is 0 Å². The van der Waals surface area contributed by atoms with Crippen LogP contribution in [0.5, 0.6) is 5.75 Å². The molecule has 0 radical (unpaired) electrons. The Balaban J connectivity index is 2.63. The molecule has 0 saturated heterocycles. The first-order valence-corrected chi connectivity index (χ1v) is 12.4. The van der Waals surface area contributed by atoms with Crippen LogP contribution >= 0.6 is 11.6 Å². The fraction of sp³-hybridized carbons (Fsp3) is 0.368. The molecule has 11 nitrogen and oxygen atoms in total. The Kier molecular flexibility index (Phi) is 8.30. The number of para-hydroxylation sites is 1. The first kappa shape index (κ1) is 26.8. The molecule has 0 bridgehead atoms. The SMILES string of the molecule is CN(C)S(=O)(=O)c1cccc(N=C(N)C(=N[C@@H](c2cc(Cl)co2)C(C)(C)C)NS(=O)O)c1O. The number of hydrogen-bond acceptors (Lipinski definition) is 7. The lowest BCUT2D eigenvalue weighted by Crippen LogP contribution is -2.38. The Bertz CT molecular complexity index is 1200. The van der Waals surface area contributed by atoms with Crippen LogP contribution < -0.4 is 10.5 Å². The molecule has 0 fully saturated rings. The smallest absolute Gasteiger partial charge is 0.260 e. The summed E-state index contributed by atoms with van der Waals surface area (Å²) in [5.41, 5.74) is 5.33. The van der Waals surface area contributed by atoms with E-state index < -0.39 is 38.5 Å². The molecular formula is C19H26ClN5O6S2. The van der Waals surface area contributed by atoms with E-state index in [4.69, 9.17) is 21.8 Å². The molecule has 182 valence electrons. The maximum absolute atomic E-state index is 12.4. The van der Waals surface area contributed by atoms with Crippen LogP contribution in [-0.4, -0.2) is 52.4 Å². The number of sulfonamides is 1. The number of furan rings is 1. The summed E-state index contributed by atoms with van der Waals surface area (Å²) in [5, 5.41) is 10.9. The van der Waals surface area contributed by atoms with Gasteiger partial charge in [0.25, 0.3) is 11.3 Å². The highest BCUT2D eigenvalue weighted by atomic mass is 35.5. The van der Waals surface area contributed by atoms with Crippen molar-refractivity contribution in [2.45, 2.75) is 31.7 Å². The minimum absolute atomic E-state index is 0.179. The highest BCUT2D eigenvalue weighted by molar-refractivity contribution is 7.89. The van der Waals surface area contributed by atoms with Crippen molar-refractivity contribution in [2.24, 2.45) is 21.1 Å². The fourth-order valence-corrected chi connectivity index (χ4v) is 4.17. The summed E-state index contributed by atoms with van der Waals surface area (Å²) in [6.07, 6.45) is 1.33. The summed E-state index contributed by atoms with van der Waals surface area (Å²) in [6.45, 7) is 5.58. The van der Waals surface area contributed by atoms with E-state index in [2.05, 4.69) is 14.7 Å². The highest BCUT2D eigenvalue weighted by Crippen LogP contribution is 2.38. The van der Waals surface area contributed by atoms with Crippen LogP contribution in [0.2, 0.25) is 5.02 Å². The third-order valence-corrected chi connectivity index (χ3v) is 6.75. The molecular weight excluding hydrogens is 494 g/mol. The zero-order chi connectivity index (χ0) is 25.1. The second kappa shape index (κ2) is 10.2. The molecule has 0 saturated carbocycles. The number of phenolic OH excluding ortho intramolecular Hbond substituents is 1. The molecule has 2 rings (SSSR count). The predicted octanol–water partition coefficient (Wildman–Crippen LogP) is 2.79. The fourth-order valence-electron chi connectivity index (χ4n) is 2.70. The Hall–Kier alpha value is -2.45. The van der Waals surface area contributed by atoms with Gasteiger partial charge < -0.3 is 15.3 Å². The van der Waals surface area contributed by atoms with Crippen LogP contribution in [0.15, 0.2) is 49.8 Å². The van der Waals surface area contributed by atoms with Gasteiger partial charge in [-0.15, -0.1) is 0 Å². The average Bonchev–Trinajstić information content (AvgIpc) is 3.10. The molecule has 0 aliphatic rings. The largest absolute Gasteiger partial charge is 0.504 e. The van der Waals surface area contributed by atoms with Crippen LogP contribution in [0.3, 0.4) is 0 Å². The molecule has 1 aromatic heterocycles. The summed E-state index contributed by atoms with van der Waals surface area (Å²) >= 11 is 3.40. The maximum Gasteiger partial charge on any atom is 0.260 e. The van der Waals surface area contributed by atoms with Gasteiger partial charge in [0.15, 0.2) is 17.4 Å². The third kappa shape index (κ3) is 6.54. The molecule has 14 heteroatoms. The van der Waals surface area contributed by atoms with E-state index in [0.29, 0.717) is 10.8 Å². The number of aromatic hydroxyl groups is 1. The van der Waals surface area contributed by atoms with Crippen LogP contribution in [0.4, 0.5) is 5.69 Å². The lowest BCUT2D eigenvalue weighted by atomic mass is 9.85. The molecule has 1 heterocycles. The van der Waals surface area contributed by atoms with Gasteiger partial charge in [0.2, 0.25) is 10.0 Å². The Morgan fingerprint density at radius 3 is 2.45 bits per heavy atom. The number of nitrogens with one attached hydrogen (secondary N) is 1. The zero-order valence-corrected chi connectivity index (χ0v) is 21.0. The molecule has 0 amide bonds. The van der Waals surface area contributed by atoms with Gasteiger partial charge in [-0.3, -0.25) is 14.3 Å². The summed E-state index contributed by atoms with van der Waals surface area (Å²) in [7, 11) is -1.33. The van der Waals surface area contributed by atoms with E-state index in [1.54, 1.807) is 6.07 Å². The number of benzene rings is 1. The van der Waals surface area contributed by atoms with E-state index in [1.807, 2.05) is 20.8 Å². The van der Waals surface area contributed by atoms with Crippen molar-refractivity contribution in [1.82, 2.24) is 9.03 Å². The lowest BCUT2D eigenvalue weighted by molar-refractivity contribution is 0.287. The number of amidine groups is 2. The van der Waals surface area contributed by atoms with Gasteiger partial charge in [-0.25, -0.2) is 21.9 Å². The number of halogens is 1. The van der Waals surface area contributed by atoms with Crippen molar-refractivity contribution < 1.29 is 26.7 Å². The first-order valence-electron chi connectivity index (χ1n) is 9.43. The van der Waals surface area contributed by atoms with Gasteiger partial charge in [-0.2, -0.15) is 0 Å². The van der Waals surface area contributed by atoms with Gasteiger partial charge in [-0.05, 0) is 17.5 Å². The number of phenols is 1. The summed E-state index contributed by atoms with van der Waals surface area (Å²) in [6, 6.07) is 4.78. The third-order valence-electron chi connectivity index (χ3n) is 4.34. The van der Waals surface area contributed by atoms with Crippen LogP contribution in [0.25, 0.3) is 0 Å². The van der Waals surface area contributed by atoms with Crippen molar-refractivity contribution in [3.8, 4) is 5.75 Å². The molecule has 1 aromatic carbocycles. The van der Waals surface area contributed by atoms with Gasteiger partial charge in [0.1, 0.15) is 28.6 Å². The van der Waals surface area contributed by atoms with E-state index in [9.17, 15) is 22.3 Å².